The van der Waals surface area contributed by atoms with Crippen molar-refractivity contribution >= 4 is 28.7 Å². The number of aliphatic hydroxyl groups is 2. The van der Waals surface area contributed by atoms with Gasteiger partial charge in [-0.2, -0.15) is 0 Å². The van der Waals surface area contributed by atoms with Crippen LogP contribution in [0.15, 0.2) is 42.6 Å². The summed E-state index contributed by atoms with van der Waals surface area (Å²) in [4.78, 5) is 33.1. The standard InChI is InChI=1S/C43H65NO10/c1-13-34-43(10,48)39(51-20-16-17-31-21-32-18-14-15-19-33(32)44-24-31)27(4)36(45)25(2)22-41(8,49-11)29(6)26(3)37(28(5)40(47)53-34)54-35-23-42(9,50-12)38(46)30(7)52-35/h14-19,21,24-30,34-35,37-39,46,48H,13,20,22-23H2,1-12H3/b17-16+/t25-,26-,27+,28-,29-,30+,34-,35+,37+,38+,39?,41-,42-,43-/m1/s1. The average Bonchev–Trinajstić information content (AvgIpc) is 3.15. The second-order valence-corrected chi connectivity index (χ2v) is 16.5. The van der Waals surface area contributed by atoms with E-state index in [1.165, 1.54) is 0 Å². The summed E-state index contributed by atoms with van der Waals surface area (Å²) in [5.74, 6) is -3.16. The molecule has 2 aromatic rings. The zero-order valence-corrected chi connectivity index (χ0v) is 34.4. The normalized spacial score (nSPS) is 40.4. The van der Waals surface area contributed by atoms with Gasteiger partial charge in [0.15, 0.2) is 6.29 Å². The third kappa shape index (κ3) is 9.42. The Morgan fingerprint density at radius 3 is 2.28 bits per heavy atom. The predicted molar refractivity (Wildman–Crippen MR) is 207 cm³/mol. The minimum atomic E-state index is -1.75. The number of methoxy groups -OCH3 is 2. The van der Waals surface area contributed by atoms with Gasteiger partial charge in [0.2, 0.25) is 0 Å². The fourth-order valence-corrected chi connectivity index (χ4v) is 8.59. The van der Waals surface area contributed by atoms with Gasteiger partial charge in [-0.25, -0.2) is 0 Å². The third-order valence-electron chi connectivity index (χ3n) is 12.6. The molecule has 1 unspecified atom stereocenters. The van der Waals surface area contributed by atoms with Crippen LogP contribution < -0.4 is 0 Å². The average molecular weight is 756 g/mol. The van der Waals surface area contributed by atoms with E-state index in [0.717, 1.165) is 16.5 Å². The number of pyridine rings is 1. The molecular weight excluding hydrogens is 690 g/mol. The quantitative estimate of drug-likeness (QED) is 0.269. The fraction of sp³-hybridized carbons (Fsp3) is 0.698. The lowest BCUT2D eigenvalue weighted by Gasteiger charge is -2.48. The summed E-state index contributed by atoms with van der Waals surface area (Å²) in [5, 5.41) is 24.2. The van der Waals surface area contributed by atoms with Crippen LogP contribution in [0.5, 0.6) is 0 Å². The Hall–Kier alpha value is -2.77. The number of aliphatic hydroxyl groups excluding tert-OH is 1. The van der Waals surface area contributed by atoms with Gasteiger partial charge in [-0.15, -0.1) is 0 Å². The monoisotopic (exact) mass is 755 g/mol. The number of carbonyl (C=O) groups is 2. The summed E-state index contributed by atoms with van der Waals surface area (Å²) < 4.78 is 37.4. The lowest BCUT2D eigenvalue weighted by Crippen LogP contribution is -2.59. The maximum atomic E-state index is 14.3. The number of hydrogen-bond donors (Lipinski definition) is 2. The second kappa shape index (κ2) is 18.0. The molecule has 0 saturated carbocycles. The Morgan fingerprint density at radius 2 is 1.63 bits per heavy atom. The smallest absolute Gasteiger partial charge is 0.311 e. The van der Waals surface area contributed by atoms with Crippen molar-refractivity contribution < 1.29 is 48.2 Å². The zero-order valence-electron chi connectivity index (χ0n) is 34.4. The van der Waals surface area contributed by atoms with E-state index in [4.69, 9.17) is 28.4 Å². The Balaban J connectivity index is 1.68. The molecule has 11 heteroatoms. The van der Waals surface area contributed by atoms with Gasteiger partial charge in [-0.3, -0.25) is 14.6 Å². The van der Waals surface area contributed by atoms with E-state index in [1.807, 2.05) is 84.0 Å². The molecule has 14 atom stereocenters. The Kier molecular flexibility index (Phi) is 14.7. The summed E-state index contributed by atoms with van der Waals surface area (Å²) >= 11 is 0. The molecular formula is C43H65NO10. The van der Waals surface area contributed by atoms with Crippen LogP contribution in [0.3, 0.4) is 0 Å². The topological polar surface area (TPSA) is 143 Å². The minimum Gasteiger partial charge on any atom is -0.459 e. The van der Waals surface area contributed by atoms with Crippen molar-refractivity contribution in [3.8, 4) is 0 Å². The predicted octanol–water partition coefficient (Wildman–Crippen LogP) is 6.55. The molecule has 2 aliphatic heterocycles. The fourth-order valence-electron chi connectivity index (χ4n) is 8.59. The zero-order chi connectivity index (χ0) is 40.2. The number of benzene rings is 1. The number of ketones is 1. The molecule has 2 saturated heterocycles. The molecule has 0 aliphatic carbocycles. The van der Waals surface area contributed by atoms with Crippen molar-refractivity contribution in [2.45, 2.75) is 142 Å². The number of carbonyl (C=O) groups excluding carboxylic acids is 2. The van der Waals surface area contributed by atoms with Gasteiger partial charge in [0, 0.05) is 44.1 Å². The van der Waals surface area contributed by atoms with Gasteiger partial charge in [-0.05, 0) is 77.0 Å². The number of rotatable bonds is 9. The van der Waals surface area contributed by atoms with Crippen LogP contribution in [0.1, 0.15) is 94.1 Å². The Labute approximate surface area is 322 Å². The number of ether oxygens (including phenoxy) is 6. The van der Waals surface area contributed by atoms with Crippen molar-refractivity contribution in [3.05, 3.63) is 48.2 Å². The van der Waals surface area contributed by atoms with Crippen molar-refractivity contribution in [1.82, 2.24) is 4.98 Å². The molecule has 0 spiro atoms. The molecule has 0 amide bonds. The summed E-state index contributed by atoms with van der Waals surface area (Å²) in [7, 11) is 3.18. The largest absolute Gasteiger partial charge is 0.459 e. The number of cyclic esters (lactones) is 1. The first-order valence-electron chi connectivity index (χ1n) is 19.5. The van der Waals surface area contributed by atoms with E-state index in [1.54, 1.807) is 48.1 Å². The number of aromatic nitrogens is 1. The molecule has 11 nitrogen and oxygen atoms in total. The SMILES string of the molecule is CC[C@H]1OC(=O)[C@H](C)[C@@H](O[C@H]2C[C@@](C)(OC)[C@@H](O)[C@H](C)O2)[C@H](C)[C@@H](C)[C@](C)(OC)C[C@@H](C)C(=O)[C@H](C)C(OC/C=C/c2cnc3ccccc3c2)[C@]1(C)O. The van der Waals surface area contributed by atoms with Crippen LogP contribution >= 0.6 is 0 Å². The van der Waals surface area contributed by atoms with Gasteiger partial charge < -0.3 is 38.6 Å². The molecule has 1 aromatic heterocycles. The molecule has 0 bridgehead atoms. The number of Topliss-reactive ketones (excluding diaryl/α,β-unsaturated/α-hetero) is 1. The summed E-state index contributed by atoms with van der Waals surface area (Å²) in [6.07, 6.45) is 1.38. The second-order valence-electron chi connectivity index (χ2n) is 16.5. The van der Waals surface area contributed by atoms with E-state index in [9.17, 15) is 19.8 Å². The molecule has 0 radical (unpaired) electrons. The van der Waals surface area contributed by atoms with Gasteiger partial charge in [0.1, 0.15) is 23.6 Å². The Morgan fingerprint density at radius 1 is 0.963 bits per heavy atom. The molecule has 2 aliphatic rings. The third-order valence-corrected chi connectivity index (χ3v) is 12.6. The minimum absolute atomic E-state index is 0.0903. The van der Waals surface area contributed by atoms with E-state index >= 15 is 0 Å². The van der Waals surface area contributed by atoms with Gasteiger partial charge in [0.25, 0.3) is 0 Å². The number of nitrogens with zero attached hydrogens (tertiary/aromatic N) is 1. The molecule has 1 aromatic carbocycles. The highest BCUT2D eigenvalue weighted by Crippen LogP contribution is 2.42. The van der Waals surface area contributed by atoms with Crippen LogP contribution in [-0.4, -0.2) is 101 Å². The number of fused-ring (bicyclic) bond motifs is 1. The van der Waals surface area contributed by atoms with Gasteiger partial charge in [0.05, 0.1) is 47.6 Å². The molecule has 2 N–H and O–H groups in total. The summed E-state index contributed by atoms with van der Waals surface area (Å²) in [6.45, 7) is 18.5. The van der Waals surface area contributed by atoms with Crippen LogP contribution in [-0.2, 0) is 38.0 Å². The number of esters is 1. The number of para-hydroxylation sites is 1. The molecule has 302 valence electrons. The molecule has 2 fully saturated rings. The van der Waals surface area contributed by atoms with Crippen molar-refractivity contribution in [3.63, 3.8) is 0 Å². The molecule has 3 heterocycles. The first kappa shape index (κ1) is 44.0. The van der Waals surface area contributed by atoms with Crippen LogP contribution in [0.25, 0.3) is 17.0 Å². The van der Waals surface area contributed by atoms with E-state index in [2.05, 4.69) is 4.98 Å². The van der Waals surface area contributed by atoms with Gasteiger partial charge >= 0.3 is 5.97 Å². The van der Waals surface area contributed by atoms with E-state index < -0.39 is 77.3 Å². The molecule has 4 rings (SSSR count). The maximum Gasteiger partial charge on any atom is 0.311 e. The van der Waals surface area contributed by atoms with E-state index in [-0.39, 0.29) is 37.1 Å². The Bertz CT molecular complexity index is 1600. The van der Waals surface area contributed by atoms with Crippen LogP contribution in [0.4, 0.5) is 0 Å². The number of hydrogen-bond acceptors (Lipinski definition) is 11. The highest BCUT2D eigenvalue weighted by molar-refractivity contribution is 5.84. The lowest BCUT2D eigenvalue weighted by molar-refractivity contribution is -0.298. The first-order valence-corrected chi connectivity index (χ1v) is 19.5. The van der Waals surface area contributed by atoms with Crippen LogP contribution in [0.2, 0.25) is 0 Å². The first-order chi connectivity index (χ1) is 25.3. The molecule has 54 heavy (non-hydrogen) atoms. The maximum absolute atomic E-state index is 14.3. The summed E-state index contributed by atoms with van der Waals surface area (Å²) in [6, 6.07) is 9.90. The highest BCUT2D eigenvalue weighted by Gasteiger charge is 2.52. The van der Waals surface area contributed by atoms with Crippen molar-refractivity contribution in [1.29, 1.82) is 0 Å². The highest BCUT2D eigenvalue weighted by atomic mass is 16.7. The summed E-state index contributed by atoms with van der Waals surface area (Å²) in [5.41, 5.74) is -1.70. The van der Waals surface area contributed by atoms with Crippen molar-refractivity contribution in [2.24, 2.45) is 29.6 Å². The van der Waals surface area contributed by atoms with E-state index in [0.29, 0.717) is 6.42 Å². The van der Waals surface area contributed by atoms with Crippen molar-refractivity contribution in [2.75, 3.05) is 20.8 Å². The van der Waals surface area contributed by atoms with Crippen LogP contribution in [0, 0.1) is 29.6 Å². The lowest BCUT2D eigenvalue weighted by atomic mass is 9.70. The van der Waals surface area contributed by atoms with Gasteiger partial charge in [-0.1, -0.05) is 65.0 Å².